The van der Waals surface area contributed by atoms with Crippen molar-refractivity contribution in [2.45, 2.75) is 13.0 Å². The molecule has 0 aliphatic carbocycles. The molecule has 2 heterocycles. The van der Waals surface area contributed by atoms with E-state index in [1.54, 1.807) is 0 Å². The van der Waals surface area contributed by atoms with Gasteiger partial charge in [0.05, 0.1) is 0 Å². The lowest BCUT2D eigenvalue weighted by molar-refractivity contribution is 0.638. The third kappa shape index (κ3) is 1.30. The Labute approximate surface area is 74.2 Å². The van der Waals surface area contributed by atoms with Crippen LogP contribution in [0.5, 0.6) is 0 Å². The largest absolute Gasteiger partial charge is 0.312 e. The molecule has 0 amide bonds. The van der Waals surface area contributed by atoms with Crippen molar-refractivity contribution in [2.75, 3.05) is 6.54 Å². The van der Waals surface area contributed by atoms with E-state index in [0.717, 1.165) is 24.0 Å². The van der Waals surface area contributed by atoms with Gasteiger partial charge in [0.1, 0.15) is 0 Å². The summed E-state index contributed by atoms with van der Waals surface area (Å²) < 4.78 is 1.13. The van der Waals surface area contributed by atoms with Gasteiger partial charge in [-0.25, -0.2) is 0 Å². The van der Waals surface area contributed by atoms with Crippen molar-refractivity contribution in [1.29, 1.82) is 0 Å². The molecule has 0 unspecified atom stereocenters. The third-order valence-corrected chi connectivity index (χ3v) is 2.65. The van der Waals surface area contributed by atoms with Crippen LogP contribution in [0.2, 0.25) is 0 Å². The van der Waals surface area contributed by atoms with E-state index in [4.69, 9.17) is 0 Å². The molecule has 3 heteroatoms. The molecule has 1 aromatic heterocycles. The lowest BCUT2D eigenvalue weighted by Gasteiger charge is -2.17. The Morgan fingerprint density at radius 1 is 1.45 bits per heavy atom. The molecule has 0 spiro atoms. The maximum atomic E-state index is 4.12. The highest BCUT2D eigenvalue weighted by atomic mass is 79.9. The Balaban J connectivity index is 2.49. The van der Waals surface area contributed by atoms with Crippen molar-refractivity contribution in [1.82, 2.24) is 10.3 Å². The van der Waals surface area contributed by atoms with Crippen LogP contribution in [0.3, 0.4) is 0 Å². The van der Waals surface area contributed by atoms with Crippen molar-refractivity contribution < 1.29 is 0 Å². The normalized spacial score (nSPS) is 16.1. The summed E-state index contributed by atoms with van der Waals surface area (Å²) in [6, 6.07) is 0. The molecule has 2 nitrogen and oxygen atoms in total. The van der Waals surface area contributed by atoms with Gasteiger partial charge in [-0.2, -0.15) is 0 Å². The molecule has 0 radical (unpaired) electrons. The molecule has 1 N–H and O–H groups in total. The summed E-state index contributed by atoms with van der Waals surface area (Å²) in [5.74, 6) is 0. The number of nitrogens with zero attached hydrogens (tertiary/aromatic N) is 1. The minimum Gasteiger partial charge on any atom is -0.312 e. The summed E-state index contributed by atoms with van der Waals surface area (Å²) in [4.78, 5) is 4.12. The van der Waals surface area contributed by atoms with Gasteiger partial charge >= 0.3 is 0 Å². The second-order valence-corrected chi connectivity index (χ2v) is 3.54. The zero-order chi connectivity index (χ0) is 7.68. The zero-order valence-electron chi connectivity index (χ0n) is 6.10. The van der Waals surface area contributed by atoms with Gasteiger partial charge in [0.15, 0.2) is 0 Å². The monoisotopic (exact) mass is 212 g/mol. The topological polar surface area (TPSA) is 24.9 Å². The summed E-state index contributed by atoms with van der Waals surface area (Å²) in [6.07, 6.45) is 4.91. The smallest absolute Gasteiger partial charge is 0.0413 e. The first kappa shape index (κ1) is 7.25. The lowest BCUT2D eigenvalue weighted by Crippen LogP contribution is -2.24. The highest BCUT2D eigenvalue weighted by Gasteiger charge is 2.10. The first-order valence-corrected chi connectivity index (χ1v) is 4.49. The van der Waals surface area contributed by atoms with Gasteiger partial charge in [0.2, 0.25) is 0 Å². The van der Waals surface area contributed by atoms with E-state index in [-0.39, 0.29) is 0 Å². The summed E-state index contributed by atoms with van der Waals surface area (Å²) in [7, 11) is 0. The molecule has 1 aliphatic heterocycles. The van der Waals surface area contributed by atoms with Crippen LogP contribution in [-0.2, 0) is 13.0 Å². The van der Waals surface area contributed by atoms with Crippen molar-refractivity contribution >= 4 is 15.9 Å². The Morgan fingerprint density at radius 2 is 2.36 bits per heavy atom. The van der Waals surface area contributed by atoms with E-state index >= 15 is 0 Å². The molecule has 1 aromatic rings. The molecule has 11 heavy (non-hydrogen) atoms. The van der Waals surface area contributed by atoms with Crippen LogP contribution in [0.15, 0.2) is 16.9 Å². The summed E-state index contributed by atoms with van der Waals surface area (Å²) in [6.45, 7) is 2.05. The first-order chi connectivity index (χ1) is 5.38. The highest BCUT2D eigenvalue weighted by Crippen LogP contribution is 2.21. The van der Waals surface area contributed by atoms with E-state index in [0.29, 0.717) is 0 Å². The fraction of sp³-hybridized carbons (Fsp3) is 0.375. The van der Waals surface area contributed by atoms with Gasteiger partial charge in [-0.1, -0.05) is 0 Å². The van der Waals surface area contributed by atoms with Crippen molar-refractivity contribution in [3.63, 3.8) is 0 Å². The Hall–Kier alpha value is -0.410. The van der Waals surface area contributed by atoms with Crippen LogP contribution in [-0.4, -0.2) is 11.5 Å². The number of rotatable bonds is 0. The van der Waals surface area contributed by atoms with Crippen molar-refractivity contribution in [3.8, 4) is 0 Å². The number of nitrogens with one attached hydrogen (secondary N) is 1. The SMILES string of the molecule is Brc1cncc2c1CNCC2. The van der Waals surface area contributed by atoms with Crippen molar-refractivity contribution in [3.05, 3.63) is 28.0 Å². The quantitative estimate of drug-likeness (QED) is 0.706. The molecule has 0 fully saturated rings. The van der Waals surface area contributed by atoms with Crippen LogP contribution >= 0.6 is 15.9 Å². The predicted octanol–water partition coefficient (Wildman–Crippen LogP) is 1.49. The lowest BCUT2D eigenvalue weighted by atomic mass is 10.0. The van der Waals surface area contributed by atoms with Crippen LogP contribution in [0.4, 0.5) is 0 Å². The minimum atomic E-state index is 0.971. The molecule has 1 aliphatic rings. The van der Waals surface area contributed by atoms with Crippen LogP contribution in [0.1, 0.15) is 11.1 Å². The summed E-state index contributed by atoms with van der Waals surface area (Å²) >= 11 is 3.48. The Morgan fingerprint density at radius 3 is 3.18 bits per heavy atom. The number of pyridine rings is 1. The number of hydrogen-bond donors (Lipinski definition) is 1. The fourth-order valence-electron chi connectivity index (χ4n) is 1.35. The van der Waals surface area contributed by atoms with E-state index < -0.39 is 0 Å². The Kier molecular flexibility index (Phi) is 1.92. The van der Waals surface area contributed by atoms with Crippen LogP contribution < -0.4 is 5.32 Å². The van der Waals surface area contributed by atoms with Gasteiger partial charge in [-0.3, -0.25) is 4.98 Å². The number of halogens is 1. The Bertz CT molecular complexity index is 273. The molecular formula is C8H9BrN2. The second-order valence-electron chi connectivity index (χ2n) is 2.69. The molecule has 2 rings (SSSR count). The third-order valence-electron chi connectivity index (χ3n) is 1.97. The van der Waals surface area contributed by atoms with Crippen LogP contribution in [0, 0.1) is 0 Å². The highest BCUT2D eigenvalue weighted by molar-refractivity contribution is 9.10. The van der Waals surface area contributed by atoms with Gasteiger partial charge in [0, 0.05) is 23.4 Å². The number of aromatic nitrogens is 1. The van der Waals surface area contributed by atoms with Crippen LogP contribution in [0.25, 0.3) is 0 Å². The molecule has 0 bridgehead atoms. The average molecular weight is 213 g/mol. The first-order valence-electron chi connectivity index (χ1n) is 3.70. The average Bonchev–Trinajstić information content (AvgIpc) is 2.06. The van der Waals surface area contributed by atoms with Gasteiger partial charge in [-0.05, 0) is 40.0 Å². The van der Waals surface area contributed by atoms with E-state index in [2.05, 4.69) is 26.2 Å². The summed E-state index contributed by atoms with van der Waals surface area (Å²) in [5, 5.41) is 3.32. The molecule has 0 saturated heterocycles. The van der Waals surface area contributed by atoms with Gasteiger partial charge in [-0.15, -0.1) is 0 Å². The van der Waals surface area contributed by atoms with Crippen molar-refractivity contribution in [2.24, 2.45) is 0 Å². The predicted molar refractivity (Wildman–Crippen MR) is 47.3 cm³/mol. The second kappa shape index (κ2) is 2.91. The maximum Gasteiger partial charge on any atom is 0.0413 e. The standard InChI is InChI=1S/C8H9BrN2/c9-8-5-11-3-6-1-2-10-4-7(6)8/h3,5,10H,1-2,4H2. The fourth-order valence-corrected chi connectivity index (χ4v) is 1.86. The minimum absolute atomic E-state index is 0.971. The molecule has 58 valence electrons. The van der Waals surface area contributed by atoms with Gasteiger partial charge in [0.25, 0.3) is 0 Å². The molecular weight excluding hydrogens is 204 g/mol. The van der Waals surface area contributed by atoms with E-state index in [9.17, 15) is 0 Å². The van der Waals surface area contributed by atoms with E-state index in [1.807, 2.05) is 12.4 Å². The molecule has 0 atom stereocenters. The van der Waals surface area contributed by atoms with E-state index in [1.165, 1.54) is 11.1 Å². The summed E-state index contributed by atoms with van der Waals surface area (Å²) in [5.41, 5.74) is 2.74. The molecule has 0 saturated carbocycles. The van der Waals surface area contributed by atoms with Gasteiger partial charge < -0.3 is 5.32 Å². The number of fused-ring (bicyclic) bond motifs is 1. The number of hydrogen-bond acceptors (Lipinski definition) is 2. The maximum absolute atomic E-state index is 4.12. The zero-order valence-corrected chi connectivity index (χ0v) is 7.69. The molecule has 0 aromatic carbocycles.